The second kappa shape index (κ2) is 11.2. The Morgan fingerprint density at radius 1 is 1.03 bits per heavy atom. The number of carbonyl (C=O) groups excluding carboxylic acids is 1. The lowest BCUT2D eigenvalue weighted by Gasteiger charge is -2.58. The maximum absolute atomic E-state index is 12.1. The molecule has 8 atom stereocenters. The number of hydrogen-bond acceptors (Lipinski definition) is 4. The van der Waals surface area contributed by atoms with E-state index in [1.54, 1.807) is 12.7 Å². The first-order valence-electron chi connectivity index (χ1n) is 14.7. The Balaban J connectivity index is 1.39. The van der Waals surface area contributed by atoms with Crippen molar-refractivity contribution in [3.63, 3.8) is 0 Å². The van der Waals surface area contributed by atoms with Gasteiger partial charge in [-0.25, -0.2) is 4.79 Å². The van der Waals surface area contributed by atoms with Gasteiger partial charge in [-0.1, -0.05) is 65.5 Å². The summed E-state index contributed by atoms with van der Waals surface area (Å²) in [6, 6.07) is 0. The summed E-state index contributed by atoms with van der Waals surface area (Å²) < 4.78 is 15.8. The molecular weight excluding hydrogens is 436 g/mol. The second-order valence-electron chi connectivity index (χ2n) is 13.4. The van der Waals surface area contributed by atoms with Gasteiger partial charge in [0.25, 0.3) is 0 Å². The number of fused-ring (bicyclic) bond motifs is 5. The Morgan fingerprint density at radius 2 is 1.83 bits per heavy atom. The van der Waals surface area contributed by atoms with Gasteiger partial charge in [0.15, 0.2) is 0 Å². The number of carbonyl (C=O) groups is 1. The van der Waals surface area contributed by atoms with Crippen LogP contribution in [0.5, 0.6) is 0 Å². The Kier molecular flexibility index (Phi) is 8.61. The standard InChI is InChI=1S/C31H52O4/c1-21(2)8-7-9-22(3)26-12-13-27-25-11-10-23-20-24(35-29(32)34-19-18-33-6)14-16-30(23,4)28(25)15-17-31(26,27)5/h10,21-22,24-28H,7-9,11-20H2,1-6H3/t22-,24+,25-,26+,27+,28-,30+,31-/m1/s1. The van der Waals surface area contributed by atoms with E-state index in [0.717, 1.165) is 54.8 Å². The van der Waals surface area contributed by atoms with E-state index in [4.69, 9.17) is 14.2 Å². The summed E-state index contributed by atoms with van der Waals surface area (Å²) in [4.78, 5) is 12.1. The predicted octanol–water partition coefficient (Wildman–Crippen LogP) is 8.20. The number of allylic oxidation sites excluding steroid dienone is 1. The SMILES string of the molecule is COCCOC(=O)O[C@H]1CC[C@@]2(C)C(=CC[C@H]3[C@H]2CC[C@@]2(C)[C@H]3CC[C@H]2[C@H](C)CCCC(C)C)C1. The highest BCUT2D eigenvalue weighted by molar-refractivity contribution is 5.60. The Labute approximate surface area is 214 Å². The molecule has 0 unspecified atom stereocenters. The maximum Gasteiger partial charge on any atom is 0.508 e. The van der Waals surface area contributed by atoms with Gasteiger partial charge in [-0.2, -0.15) is 0 Å². The Bertz CT molecular complexity index is 759. The van der Waals surface area contributed by atoms with Gasteiger partial charge in [-0.3, -0.25) is 0 Å². The molecule has 3 fully saturated rings. The van der Waals surface area contributed by atoms with Crippen molar-refractivity contribution >= 4 is 6.16 Å². The maximum atomic E-state index is 12.1. The van der Waals surface area contributed by atoms with E-state index in [2.05, 4.69) is 40.7 Å². The molecule has 3 saturated carbocycles. The normalized spacial score (nSPS) is 39.3. The van der Waals surface area contributed by atoms with Crippen molar-refractivity contribution in [1.82, 2.24) is 0 Å². The molecule has 0 aliphatic heterocycles. The second-order valence-corrected chi connectivity index (χ2v) is 13.4. The summed E-state index contributed by atoms with van der Waals surface area (Å²) in [5.41, 5.74) is 2.37. The third kappa shape index (κ3) is 5.48. The van der Waals surface area contributed by atoms with E-state index in [1.807, 2.05) is 0 Å². The van der Waals surface area contributed by atoms with E-state index >= 15 is 0 Å². The molecule has 200 valence electrons. The van der Waals surface area contributed by atoms with Gasteiger partial charge in [0.1, 0.15) is 12.7 Å². The minimum atomic E-state index is -0.544. The molecular formula is C31H52O4. The zero-order valence-electron chi connectivity index (χ0n) is 23.4. The van der Waals surface area contributed by atoms with Crippen molar-refractivity contribution in [2.24, 2.45) is 46.3 Å². The molecule has 0 spiro atoms. The molecule has 0 aromatic rings. The molecule has 0 aromatic heterocycles. The molecule has 0 N–H and O–H groups in total. The average Bonchev–Trinajstić information content (AvgIpc) is 3.16. The van der Waals surface area contributed by atoms with Crippen molar-refractivity contribution < 1.29 is 19.0 Å². The van der Waals surface area contributed by atoms with Crippen LogP contribution in [-0.4, -0.2) is 32.6 Å². The third-order valence-corrected chi connectivity index (χ3v) is 11.0. The third-order valence-electron chi connectivity index (χ3n) is 11.0. The molecule has 4 rings (SSSR count). The van der Waals surface area contributed by atoms with Crippen LogP contribution < -0.4 is 0 Å². The van der Waals surface area contributed by atoms with E-state index < -0.39 is 6.16 Å². The minimum Gasteiger partial charge on any atom is -0.432 e. The monoisotopic (exact) mass is 488 g/mol. The molecule has 4 aliphatic rings. The number of methoxy groups -OCH3 is 1. The molecule has 0 radical (unpaired) electrons. The van der Waals surface area contributed by atoms with Gasteiger partial charge in [0.2, 0.25) is 0 Å². The van der Waals surface area contributed by atoms with E-state index in [9.17, 15) is 4.79 Å². The van der Waals surface area contributed by atoms with Crippen molar-refractivity contribution in [2.75, 3.05) is 20.3 Å². The van der Waals surface area contributed by atoms with Gasteiger partial charge in [0, 0.05) is 13.5 Å². The van der Waals surface area contributed by atoms with Crippen molar-refractivity contribution in [3.8, 4) is 0 Å². The molecule has 4 heteroatoms. The fourth-order valence-corrected chi connectivity index (χ4v) is 9.13. The van der Waals surface area contributed by atoms with Gasteiger partial charge in [-0.05, 0) is 91.3 Å². The van der Waals surface area contributed by atoms with Crippen LogP contribution >= 0.6 is 0 Å². The summed E-state index contributed by atoms with van der Waals surface area (Å²) in [7, 11) is 1.60. The van der Waals surface area contributed by atoms with Crippen LogP contribution in [-0.2, 0) is 14.2 Å². The Morgan fingerprint density at radius 3 is 2.57 bits per heavy atom. The summed E-state index contributed by atoms with van der Waals surface area (Å²) in [6.07, 6.45) is 16.0. The van der Waals surface area contributed by atoms with Crippen LogP contribution in [0.15, 0.2) is 11.6 Å². The predicted molar refractivity (Wildman–Crippen MR) is 141 cm³/mol. The van der Waals surface area contributed by atoms with Crippen LogP contribution in [0.4, 0.5) is 4.79 Å². The Hall–Kier alpha value is -1.03. The molecule has 0 heterocycles. The number of ether oxygens (including phenoxy) is 3. The van der Waals surface area contributed by atoms with E-state index in [-0.39, 0.29) is 18.1 Å². The molecule has 0 bridgehead atoms. The van der Waals surface area contributed by atoms with Crippen LogP contribution in [0.25, 0.3) is 0 Å². The lowest BCUT2D eigenvalue weighted by Crippen LogP contribution is -2.51. The summed E-state index contributed by atoms with van der Waals surface area (Å²) >= 11 is 0. The first kappa shape index (κ1) is 27.0. The van der Waals surface area contributed by atoms with Crippen LogP contribution in [0.1, 0.15) is 105 Å². The first-order chi connectivity index (χ1) is 16.7. The zero-order valence-corrected chi connectivity index (χ0v) is 23.4. The zero-order chi connectivity index (χ0) is 25.2. The average molecular weight is 489 g/mol. The largest absolute Gasteiger partial charge is 0.508 e. The first-order valence-corrected chi connectivity index (χ1v) is 14.7. The quantitative estimate of drug-likeness (QED) is 0.186. The lowest BCUT2D eigenvalue weighted by atomic mass is 9.47. The molecule has 0 amide bonds. The topological polar surface area (TPSA) is 44.8 Å². The molecule has 4 aliphatic carbocycles. The van der Waals surface area contributed by atoms with E-state index in [1.165, 1.54) is 51.4 Å². The molecule has 0 saturated heterocycles. The number of rotatable bonds is 9. The van der Waals surface area contributed by atoms with Gasteiger partial charge >= 0.3 is 6.16 Å². The van der Waals surface area contributed by atoms with Crippen LogP contribution in [0.2, 0.25) is 0 Å². The fraction of sp³-hybridized carbons (Fsp3) is 0.903. The molecule has 0 aromatic carbocycles. The molecule has 4 nitrogen and oxygen atoms in total. The van der Waals surface area contributed by atoms with Gasteiger partial charge < -0.3 is 14.2 Å². The van der Waals surface area contributed by atoms with Gasteiger partial charge in [-0.15, -0.1) is 0 Å². The van der Waals surface area contributed by atoms with Crippen LogP contribution in [0.3, 0.4) is 0 Å². The highest BCUT2D eigenvalue weighted by Gasteiger charge is 2.59. The number of hydrogen-bond donors (Lipinski definition) is 0. The van der Waals surface area contributed by atoms with Crippen molar-refractivity contribution in [1.29, 1.82) is 0 Å². The highest BCUT2D eigenvalue weighted by atomic mass is 16.7. The van der Waals surface area contributed by atoms with Crippen molar-refractivity contribution in [3.05, 3.63) is 11.6 Å². The van der Waals surface area contributed by atoms with Gasteiger partial charge in [0.05, 0.1) is 6.61 Å². The van der Waals surface area contributed by atoms with Crippen LogP contribution in [0, 0.1) is 46.3 Å². The summed E-state index contributed by atoms with van der Waals surface area (Å²) in [6.45, 7) is 13.1. The minimum absolute atomic E-state index is 0.0441. The smallest absolute Gasteiger partial charge is 0.432 e. The summed E-state index contributed by atoms with van der Waals surface area (Å²) in [5.74, 6) is 5.12. The fourth-order valence-electron chi connectivity index (χ4n) is 9.13. The van der Waals surface area contributed by atoms with Crippen molar-refractivity contribution in [2.45, 2.75) is 111 Å². The lowest BCUT2D eigenvalue weighted by molar-refractivity contribution is -0.0622. The summed E-state index contributed by atoms with van der Waals surface area (Å²) in [5, 5.41) is 0. The highest BCUT2D eigenvalue weighted by Crippen LogP contribution is 2.67. The molecule has 35 heavy (non-hydrogen) atoms. The van der Waals surface area contributed by atoms with E-state index in [0.29, 0.717) is 12.0 Å².